The van der Waals surface area contributed by atoms with Crippen LogP contribution in [0.15, 0.2) is 12.7 Å². The van der Waals surface area contributed by atoms with Gasteiger partial charge in [0.1, 0.15) is 6.29 Å². The highest BCUT2D eigenvalue weighted by atomic mass is 35.5. The summed E-state index contributed by atoms with van der Waals surface area (Å²) >= 11 is 5.32. The summed E-state index contributed by atoms with van der Waals surface area (Å²) < 4.78 is 22.7. The minimum Gasteiger partial charge on any atom is -0.340 e. The molecule has 0 aromatic heterocycles. The lowest BCUT2D eigenvalue weighted by molar-refractivity contribution is -0.117. The minimum absolute atomic E-state index is 0.00927. The number of alkyl halides is 1. The number of rotatable bonds is 9. The number of nitrogens with one attached hydrogen (secondary N) is 2. The molecule has 17 heavy (non-hydrogen) atoms. The van der Waals surface area contributed by atoms with Crippen molar-refractivity contribution in [3.05, 3.63) is 12.7 Å². The molecule has 0 aromatic rings. The highest BCUT2D eigenvalue weighted by Crippen LogP contribution is 1.95. The van der Waals surface area contributed by atoms with E-state index in [1.807, 2.05) is 0 Å². The van der Waals surface area contributed by atoms with Crippen molar-refractivity contribution < 1.29 is 18.0 Å². The number of halogens is 1. The molecule has 2 N–H and O–H groups in total. The minimum atomic E-state index is -3.36. The van der Waals surface area contributed by atoms with Crippen LogP contribution in [0.5, 0.6) is 0 Å². The lowest BCUT2D eigenvalue weighted by Gasteiger charge is -2.12. The van der Waals surface area contributed by atoms with E-state index in [4.69, 9.17) is 11.6 Å². The van der Waals surface area contributed by atoms with Crippen LogP contribution in [0.2, 0.25) is 0 Å². The Balaban J connectivity index is 4.13. The van der Waals surface area contributed by atoms with E-state index in [2.05, 4.69) is 17.2 Å². The molecule has 0 bridgehead atoms. The Bertz CT molecular complexity index is 369. The predicted molar refractivity (Wildman–Crippen MR) is 65.6 cm³/mol. The summed E-state index contributed by atoms with van der Waals surface area (Å²) in [5.41, 5.74) is 0. The van der Waals surface area contributed by atoms with Crippen LogP contribution < -0.4 is 10.6 Å². The molecule has 1 atom stereocenters. The Morgan fingerprint density at radius 3 is 2.59 bits per heavy atom. The zero-order valence-electron chi connectivity index (χ0n) is 9.19. The lowest BCUT2D eigenvalue weighted by Crippen LogP contribution is -2.43. The maximum Gasteiger partial charge on any atom is 0.244 e. The highest BCUT2D eigenvalue weighted by Gasteiger charge is 2.17. The zero-order chi connectivity index (χ0) is 13.3. The van der Waals surface area contributed by atoms with Crippen molar-refractivity contribution in [3.63, 3.8) is 0 Å². The van der Waals surface area contributed by atoms with E-state index < -0.39 is 21.8 Å². The predicted octanol–water partition coefficient (Wildman–Crippen LogP) is -0.943. The Kier molecular flexibility index (Phi) is 7.77. The number of hydrogen-bond acceptors (Lipinski definition) is 5. The number of hydrogen-bond donors (Lipinski definition) is 2. The summed E-state index contributed by atoms with van der Waals surface area (Å²) in [6.07, 6.45) is 1.55. The van der Waals surface area contributed by atoms with E-state index >= 15 is 0 Å². The van der Waals surface area contributed by atoms with Crippen LogP contribution in [0.3, 0.4) is 0 Å². The van der Waals surface area contributed by atoms with E-state index in [9.17, 15) is 18.0 Å². The topological polar surface area (TPSA) is 92.3 Å². The molecule has 0 aliphatic carbocycles. The molecule has 98 valence electrons. The van der Waals surface area contributed by atoms with Crippen molar-refractivity contribution in [2.45, 2.75) is 6.04 Å². The van der Waals surface area contributed by atoms with E-state index in [0.29, 0.717) is 6.29 Å². The second kappa shape index (κ2) is 8.21. The summed E-state index contributed by atoms with van der Waals surface area (Å²) in [6.45, 7) is 3.23. The van der Waals surface area contributed by atoms with E-state index in [1.54, 1.807) is 0 Å². The van der Waals surface area contributed by atoms with Crippen LogP contribution in [0.4, 0.5) is 0 Å². The van der Waals surface area contributed by atoms with Crippen LogP contribution in [0.1, 0.15) is 0 Å². The van der Waals surface area contributed by atoms with Crippen LogP contribution in [0, 0.1) is 0 Å². The molecule has 0 aliphatic heterocycles. The fourth-order valence-electron chi connectivity index (χ4n) is 0.962. The van der Waals surface area contributed by atoms with Gasteiger partial charge < -0.3 is 10.1 Å². The third kappa shape index (κ3) is 7.89. The standard InChI is InChI=1S/C9H15ClN2O4S/c1-2-9(14)12-7-11-8(5-13)6-17(15,16)4-3-10/h2,5,8,11H,1,3-4,6-7H2,(H,12,14). The van der Waals surface area contributed by atoms with Gasteiger partial charge in [-0.2, -0.15) is 0 Å². The first-order chi connectivity index (χ1) is 7.95. The van der Waals surface area contributed by atoms with Gasteiger partial charge in [-0.1, -0.05) is 6.58 Å². The average molecular weight is 283 g/mol. The monoisotopic (exact) mass is 282 g/mol. The van der Waals surface area contributed by atoms with Gasteiger partial charge in [0.2, 0.25) is 5.91 Å². The Morgan fingerprint density at radius 2 is 2.12 bits per heavy atom. The van der Waals surface area contributed by atoms with Gasteiger partial charge in [0, 0.05) is 5.88 Å². The first-order valence-corrected chi connectivity index (χ1v) is 7.16. The second-order valence-electron chi connectivity index (χ2n) is 3.17. The van der Waals surface area contributed by atoms with Gasteiger partial charge in [0.15, 0.2) is 9.84 Å². The fraction of sp³-hybridized carbons (Fsp3) is 0.556. The van der Waals surface area contributed by atoms with Crippen LogP contribution in [-0.2, 0) is 19.4 Å². The van der Waals surface area contributed by atoms with Crippen molar-refractivity contribution >= 4 is 33.6 Å². The van der Waals surface area contributed by atoms with E-state index in [0.717, 1.165) is 6.08 Å². The van der Waals surface area contributed by atoms with Crippen molar-refractivity contribution in [3.8, 4) is 0 Å². The molecule has 0 radical (unpaired) electrons. The Morgan fingerprint density at radius 1 is 1.47 bits per heavy atom. The number of amides is 1. The molecular weight excluding hydrogens is 268 g/mol. The number of carbonyl (C=O) groups excluding carboxylic acids is 2. The second-order valence-corrected chi connectivity index (χ2v) is 5.78. The maximum atomic E-state index is 11.4. The molecule has 0 heterocycles. The highest BCUT2D eigenvalue weighted by molar-refractivity contribution is 7.91. The van der Waals surface area contributed by atoms with Gasteiger partial charge in [-0.25, -0.2) is 8.42 Å². The molecule has 8 heteroatoms. The molecule has 1 amide bonds. The van der Waals surface area contributed by atoms with Gasteiger partial charge in [-0.15, -0.1) is 11.6 Å². The van der Waals surface area contributed by atoms with Gasteiger partial charge in [0.05, 0.1) is 24.2 Å². The van der Waals surface area contributed by atoms with E-state index in [1.165, 1.54) is 0 Å². The third-order valence-corrected chi connectivity index (χ3v) is 3.90. The van der Waals surface area contributed by atoms with Crippen LogP contribution >= 0.6 is 11.6 Å². The normalized spacial score (nSPS) is 12.8. The van der Waals surface area contributed by atoms with Gasteiger partial charge >= 0.3 is 0 Å². The van der Waals surface area contributed by atoms with E-state index in [-0.39, 0.29) is 24.1 Å². The molecule has 0 aromatic carbocycles. The smallest absolute Gasteiger partial charge is 0.244 e. The van der Waals surface area contributed by atoms with Gasteiger partial charge in [0.25, 0.3) is 0 Å². The third-order valence-electron chi connectivity index (χ3n) is 1.80. The van der Waals surface area contributed by atoms with Gasteiger partial charge in [-0.3, -0.25) is 10.1 Å². The SMILES string of the molecule is C=CC(=O)NCNC(C=O)CS(=O)(=O)CCCl. The summed E-state index contributed by atoms with van der Waals surface area (Å²) in [7, 11) is -3.36. The first kappa shape index (κ1) is 16.1. The summed E-state index contributed by atoms with van der Waals surface area (Å²) in [4.78, 5) is 21.4. The number of aldehydes is 1. The van der Waals surface area contributed by atoms with Crippen molar-refractivity contribution in [2.24, 2.45) is 0 Å². The molecule has 0 fully saturated rings. The van der Waals surface area contributed by atoms with Crippen LogP contribution in [-0.4, -0.2) is 50.7 Å². The summed E-state index contributed by atoms with van der Waals surface area (Å²) in [6, 6.07) is -0.867. The maximum absolute atomic E-state index is 11.4. The molecule has 0 saturated heterocycles. The molecule has 0 saturated carbocycles. The quantitative estimate of drug-likeness (QED) is 0.246. The van der Waals surface area contributed by atoms with Crippen LogP contribution in [0.25, 0.3) is 0 Å². The molecule has 0 aliphatic rings. The van der Waals surface area contributed by atoms with Crippen molar-refractivity contribution in [2.75, 3.05) is 24.1 Å². The lowest BCUT2D eigenvalue weighted by atomic mass is 10.4. The summed E-state index contributed by atoms with van der Waals surface area (Å²) in [5, 5.41) is 4.95. The molecule has 6 nitrogen and oxygen atoms in total. The molecule has 1 unspecified atom stereocenters. The fourth-order valence-corrected chi connectivity index (χ4v) is 2.81. The largest absolute Gasteiger partial charge is 0.340 e. The average Bonchev–Trinajstić information content (AvgIpc) is 2.27. The zero-order valence-corrected chi connectivity index (χ0v) is 10.8. The van der Waals surface area contributed by atoms with Crippen molar-refractivity contribution in [1.29, 1.82) is 0 Å². The molecule has 0 spiro atoms. The molecular formula is C9H15ClN2O4S. The summed E-state index contributed by atoms with van der Waals surface area (Å²) in [5.74, 6) is -0.945. The van der Waals surface area contributed by atoms with Crippen molar-refractivity contribution in [1.82, 2.24) is 10.6 Å². The van der Waals surface area contributed by atoms with Gasteiger partial charge in [-0.05, 0) is 6.08 Å². The number of carbonyl (C=O) groups is 2. The Hall–Kier alpha value is -0.920. The number of sulfone groups is 1. The molecule has 0 rings (SSSR count). The first-order valence-electron chi connectivity index (χ1n) is 4.80. The Labute approximate surface area is 105 Å².